The van der Waals surface area contributed by atoms with E-state index in [4.69, 9.17) is 15.7 Å². The molecule has 5 rings (SSSR count). The van der Waals surface area contributed by atoms with Crippen molar-refractivity contribution in [2.24, 2.45) is 11.7 Å². The molecule has 2 aromatic heterocycles. The van der Waals surface area contributed by atoms with Gasteiger partial charge in [0.2, 0.25) is 5.91 Å². The Bertz CT molecular complexity index is 902. The number of primary amides is 1. The molecule has 2 saturated heterocycles. The number of fused-ring (bicyclic) bond motifs is 3. The van der Waals surface area contributed by atoms with E-state index in [0.29, 0.717) is 0 Å². The van der Waals surface area contributed by atoms with Gasteiger partial charge in [-0.15, -0.1) is 11.3 Å². The zero-order valence-electron chi connectivity index (χ0n) is 16.7. The van der Waals surface area contributed by atoms with Crippen molar-refractivity contribution >= 4 is 33.3 Å². The Hall–Kier alpha value is -1.73. The highest BCUT2D eigenvalue weighted by molar-refractivity contribution is 7.19. The summed E-state index contributed by atoms with van der Waals surface area (Å²) < 4.78 is 0. The number of piperidine rings is 1. The van der Waals surface area contributed by atoms with E-state index in [1.54, 1.807) is 4.90 Å². The minimum Gasteiger partial charge on any atom is -0.368 e. The van der Waals surface area contributed by atoms with Crippen LogP contribution < -0.4 is 15.5 Å². The summed E-state index contributed by atoms with van der Waals surface area (Å²) in [4.78, 5) is 28.5. The third kappa shape index (κ3) is 3.18. The number of nitrogens with two attached hydrogens (primary N) is 1. The van der Waals surface area contributed by atoms with Gasteiger partial charge in [0.15, 0.2) is 5.82 Å². The van der Waals surface area contributed by atoms with E-state index in [9.17, 15) is 4.79 Å². The van der Waals surface area contributed by atoms with Crippen LogP contribution in [-0.4, -0.2) is 41.6 Å². The lowest BCUT2D eigenvalue weighted by molar-refractivity contribution is -0.920. The predicted octanol–water partition coefficient (Wildman–Crippen LogP) is 1.45. The first kappa shape index (κ1) is 18.3. The summed E-state index contributed by atoms with van der Waals surface area (Å²) in [6, 6.07) is -0.230. The molecule has 2 aromatic rings. The summed E-state index contributed by atoms with van der Waals surface area (Å²) in [5, 5.41) is 1.21. The van der Waals surface area contributed by atoms with Gasteiger partial charge in [-0.2, -0.15) is 0 Å². The highest BCUT2D eigenvalue weighted by Gasteiger charge is 2.34. The third-order valence-corrected chi connectivity index (χ3v) is 8.02. The number of amides is 1. The standard InChI is InChI=1S/C21H29N5OS/c1-13-7-10-25(11-8-13)12-17-23-20(26-9-3-5-15(26)19(22)27)18-14-4-2-6-16(14)28-21(18)24-17/h13,15H,2-12H2,1H3,(H2,22,27)/p+1/t15-/m1/s1. The van der Waals surface area contributed by atoms with Crippen molar-refractivity contribution in [2.75, 3.05) is 24.5 Å². The number of quaternary nitrogens is 1. The second-order valence-electron chi connectivity index (χ2n) is 8.86. The fourth-order valence-corrected chi connectivity index (χ4v) is 6.47. The van der Waals surface area contributed by atoms with E-state index in [1.807, 2.05) is 11.3 Å². The smallest absolute Gasteiger partial charge is 0.240 e. The number of hydrogen-bond acceptors (Lipinski definition) is 5. The van der Waals surface area contributed by atoms with Gasteiger partial charge in [0.25, 0.3) is 0 Å². The number of hydrogen-bond donors (Lipinski definition) is 2. The van der Waals surface area contributed by atoms with Gasteiger partial charge in [0.1, 0.15) is 23.2 Å². The highest BCUT2D eigenvalue weighted by Crippen LogP contribution is 2.42. The molecule has 28 heavy (non-hydrogen) atoms. The summed E-state index contributed by atoms with van der Waals surface area (Å²) in [5.74, 6) is 2.52. The van der Waals surface area contributed by atoms with Crippen molar-refractivity contribution in [3.05, 3.63) is 16.3 Å². The number of likely N-dealkylation sites (tertiary alicyclic amines) is 1. The minimum absolute atomic E-state index is 0.228. The number of nitrogens with zero attached hydrogens (tertiary/aromatic N) is 3. The highest BCUT2D eigenvalue weighted by atomic mass is 32.1. The van der Waals surface area contributed by atoms with Crippen molar-refractivity contribution in [3.63, 3.8) is 0 Å². The molecule has 2 fully saturated rings. The SMILES string of the molecule is CC1CC[NH+](Cc2nc(N3CCC[C@@H]3C(N)=O)c3c4c(sc3n2)CCC4)CC1. The average Bonchev–Trinajstić information content (AvgIpc) is 3.38. The van der Waals surface area contributed by atoms with Gasteiger partial charge in [-0.3, -0.25) is 4.79 Å². The molecule has 1 amide bonds. The monoisotopic (exact) mass is 400 g/mol. The van der Waals surface area contributed by atoms with Gasteiger partial charge in [0, 0.05) is 11.4 Å². The first-order chi connectivity index (χ1) is 13.6. The maximum atomic E-state index is 12.1. The molecule has 0 unspecified atom stereocenters. The Morgan fingerprint density at radius 1 is 1.21 bits per heavy atom. The number of nitrogens with one attached hydrogen (secondary N) is 1. The first-order valence-electron chi connectivity index (χ1n) is 10.8. The second kappa shape index (κ2) is 7.26. The molecule has 1 atom stereocenters. The maximum absolute atomic E-state index is 12.1. The molecular formula is C21H30N5OS+. The molecule has 3 aliphatic rings. The average molecular weight is 401 g/mol. The van der Waals surface area contributed by atoms with E-state index in [0.717, 1.165) is 61.2 Å². The number of aromatic nitrogens is 2. The van der Waals surface area contributed by atoms with Crippen LogP contribution in [0.5, 0.6) is 0 Å². The van der Waals surface area contributed by atoms with Crippen molar-refractivity contribution in [3.8, 4) is 0 Å². The lowest BCUT2D eigenvalue weighted by Crippen LogP contribution is -3.11. The molecule has 4 heterocycles. The Balaban J connectivity index is 1.55. The Morgan fingerprint density at radius 2 is 2.04 bits per heavy atom. The molecule has 6 nitrogen and oxygen atoms in total. The van der Waals surface area contributed by atoms with E-state index in [2.05, 4.69) is 11.8 Å². The van der Waals surface area contributed by atoms with Crippen LogP contribution in [0.1, 0.15) is 55.3 Å². The van der Waals surface area contributed by atoms with Crippen LogP contribution in [-0.2, 0) is 24.2 Å². The van der Waals surface area contributed by atoms with Gasteiger partial charge in [-0.1, -0.05) is 6.92 Å². The second-order valence-corrected chi connectivity index (χ2v) is 9.95. The lowest BCUT2D eigenvalue weighted by Gasteiger charge is -2.28. The Labute approximate surface area is 170 Å². The van der Waals surface area contributed by atoms with Gasteiger partial charge in [-0.05, 0) is 56.4 Å². The van der Waals surface area contributed by atoms with Crippen LogP contribution in [0.4, 0.5) is 5.82 Å². The molecule has 0 spiro atoms. The van der Waals surface area contributed by atoms with Gasteiger partial charge < -0.3 is 15.5 Å². The molecule has 0 radical (unpaired) electrons. The number of anilines is 1. The first-order valence-corrected chi connectivity index (χ1v) is 11.6. The summed E-state index contributed by atoms with van der Waals surface area (Å²) in [7, 11) is 0. The molecule has 7 heteroatoms. The third-order valence-electron chi connectivity index (χ3n) is 6.83. The van der Waals surface area contributed by atoms with E-state index in [-0.39, 0.29) is 11.9 Å². The van der Waals surface area contributed by atoms with Crippen LogP contribution in [0.25, 0.3) is 10.2 Å². The van der Waals surface area contributed by atoms with Crippen LogP contribution in [0.3, 0.4) is 0 Å². The molecule has 0 saturated carbocycles. The van der Waals surface area contributed by atoms with Crippen molar-refractivity contribution in [1.82, 2.24) is 9.97 Å². The number of thiophene rings is 1. The quantitative estimate of drug-likeness (QED) is 0.814. The fraction of sp³-hybridized carbons (Fsp3) is 0.667. The van der Waals surface area contributed by atoms with Crippen LogP contribution in [0.2, 0.25) is 0 Å². The van der Waals surface area contributed by atoms with E-state index < -0.39 is 0 Å². The number of aryl methyl sites for hydroxylation is 2. The summed E-state index contributed by atoms with van der Waals surface area (Å²) in [5.41, 5.74) is 7.16. The fourth-order valence-electron chi connectivity index (χ4n) is 5.19. The van der Waals surface area contributed by atoms with Crippen molar-refractivity contribution < 1.29 is 9.69 Å². The molecule has 2 aliphatic heterocycles. The molecule has 3 N–H and O–H groups in total. The Morgan fingerprint density at radius 3 is 2.82 bits per heavy atom. The van der Waals surface area contributed by atoms with Crippen LogP contribution >= 0.6 is 11.3 Å². The van der Waals surface area contributed by atoms with Crippen LogP contribution in [0.15, 0.2) is 0 Å². The normalized spacial score (nSPS) is 27.5. The Kier molecular flexibility index (Phi) is 4.75. The summed E-state index contributed by atoms with van der Waals surface area (Å²) >= 11 is 1.84. The zero-order valence-corrected chi connectivity index (χ0v) is 17.5. The molecular weight excluding hydrogens is 370 g/mol. The summed E-state index contributed by atoms with van der Waals surface area (Å²) in [6.07, 6.45) is 7.87. The largest absolute Gasteiger partial charge is 0.368 e. The van der Waals surface area contributed by atoms with E-state index in [1.165, 1.54) is 48.2 Å². The maximum Gasteiger partial charge on any atom is 0.240 e. The molecule has 150 valence electrons. The predicted molar refractivity (Wildman–Crippen MR) is 112 cm³/mol. The number of rotatable bonds is 4. The van der Waals surface area contributed by atoms with Gasteiger partial charge >= 0.3 is 0 Å². The number of carbonyl (C=O) groups is 1. The number of carbonyl (C=O) groups excluding carboxylic acids is 1. The topological polar surface area (TPSA) is 76.6 Å². The van der Waals surface area contributed by atoms with Crippen LogP contribution in [0, 0.1) is 5.92 Å². The molecule has 0 bridgehead atoms. The summed E-state index contributed by atoms with van der Waals surface area (Å²) in [6.45, 7) is 6.49. The zero-order chi connectivity index (χ0) is 19.3. The van der Waals surface area contributed by atoms with Crippen molar-refractivity contribution in [2.45, 2.75) is 64.5 Å². The van der Waals surface area contributed by atoms with E-state index >= 15 is 0 Å². The minimum atomic E-state index is -0.230. The lowest BCUT2D eigenvalue weighted by atomic mass is 9.99. The van der Waals surface area contributed by atoms with Crippen molar-refractivity contribution in [1.29, 1.82) is 0 Å². The molecule has 0 aromatic carbocycles. The van der Waals surface area contributed by atoms with Gasteiger partial charge in [0.05, 0.1) is 18.5 Å². The molecule has 1 aliphatic carbocycles. The van der Waals surface area contributed by atoms with Gasteiger partial charge in [-0.25, -0.2) is 9.97 Å².